The summed E-state index contributed by atoms with van der Waals surface area (Å²) in [4.78, 5) is 22.0. The highest BCUT2D eigenvalue weighted by molar-refractivity contribution is 5.88. The van der Waals surface area contributed by atoms with Gasteiger partial charge in [-0.1, -0.05) is 0 Å². The number of benzene rings is 2. The molecule has 6 N–H and O–H groups in total. The van der Waals surface area contributed by atoms with Gasteiger partial charge in [0.1, 0.15) is 11.5 Å². The van der Waals surface area contributed by atoms with Gasteiger partial charge in [0.15, 0.2) is 0 Å². The van der Waals surface area contributed by atoms with Crippen LogP contribution in [0, 0.1) is 0 Å². The second kappa shape index (κ2) is 6.91. The summed E-state index contributed by atoms with van der Waals surface area (Å²) in [7, 11) is 0. The monoisotopic (exact) mass is 316 g/mol. The van der Waals surface area contributed by atoms with Gasteiger partial charge in [-0.25, -0.2) is 9.59 Å². The fourth-order valence-corrected chi connectivity index (χ4v) is 2.06. The number of hydrogen-bond acceptors (Lipinski definition) is 5. The summed E-state index contributed by atoms with van der Waals surface area (Å²) >= 11 is 0. The van der Waals surface area contributed by atoms with Gasteiger partial charge in [-0.3, -0.25) is 0 Å². The lowest BCUT2D eigenvalue weighted by molar-refractivity contribution is 0.0686. The molecule has 0 heterocycles. The first-order valence-corrected chi connectivity index (χ1v) is 6.76. The molecular formula is C16H16N2O5. The fourth-order valence-electron chi connectivity index (χ4n) is 2.06. The Hall–Kier alpha value is -2.90. The van der Waals surface area contributed by atoms with Gasteiger partial charge in [0.25, 0.3) is 0 Å². The third-order valence-electron chi connectivity index (χ3n) is 3.27. The summed E-state index contributed by atoms with van der Waals surface area (Å²) in [6.07, 6.45) is 0. The number of carboxylic acid groups (broad SMARTS) is 2. The van der Waals surface area contributed by atoms with Crippen molar-refractivity contribution < 1.29 is 24.5 Å². The molecule has 7 heteroatoms. The summed E-state index contributed by atoms with van der Waals surface area (Å²) in [5.41, 5.74) is 12.5. The minimum Gasteiger partial charge on any atom is -0.478 e. The van der Waals surface area contributed by atoms with E-state index in [2.05, 4.69) is 0 Å². The van der Waals surface area contributed by atoms with Gasteiger partial charge in [0.2, 0.25) is 0 Å². The minimum absolute atomic E-state index is 0.0988. The Morgan fingerprint density at radius 2 is 1.22 bits per heavy atom. The Labute approximate surface area is 132 Å². The van der Waals surface area contributed by atoms with Gasteiger partial charge in [0, 0.05) is 24.2 Å². The number of hydrogen-bond donors (Lipinski definition) is 4. The SMILES string of the molecule is NCc1cc(C(=O)O)ccc1Oc1ccc(C(=O)O)cc1CN. The molecule has 0 radical (unpaired) electrons. The molecule has 0 aromatic heterocycles. The van der Waals surface area contributed by atoms with E-state index >= 15 is 0 Å². The maximum atomic E-state index is 11.0. The van der Waals surface area contributed by atoms with Crippen molar-refractivity contribution in [3.8, 4) is 11.5 Å². The van der Waals surface area contributed by atoms with E-state index in [1.165, 1.54) is 36.4 Å². The smallest absolute Gasteiger partial charge is 0.335 e. The van der Waals surface area contributed by atoms with Crippen molar-refractivity contribution in [2.24, 2.45) is 11.5 Å². The molecule has 0 fully saturated rings. The van der Waals surface area contributed by atoms with Crippen LogP contribution in [0.15, 0.2) is 36.4 Å². The van der Waals surface area contributed by atoms with Crippen molar-refractivity contribution in [1.29, 1.82) is 0 Å². The molecule has 0 spiro atoms. The molecule has 0 saturated heterocycles. The molecule has 0 bridgehead atoms. The molecular weight excluding hydrogens is 300 g/mol. The van der Waals surface area contributed by atoms with Crippen LogP contribution in [0.2, 0.25) is 0 Å². The quantitative estimate of drug-likeness (QED) is 0.637. The molecule has 0 amide bonds. The van der Waals surface area contributed by atoms with Crippen LogP contribution in [0.3, 0.4) is 0 Å². The molecule has 0 atom stereocenters. The van der Waals surface area contributed by atoms with E-state index in [4.69, 9.17) is 26.4 Å². The molecule has 0 aliphatic carbocycles. The maximum absolute atomic E-state index is 11.0. The first-order chi connectivity index (χ1) is 11.0. The van der Waals surface area contributed by atoms with Crippen LogP contribution in [-0.4, -0.2) is 22.2 Å². The van der Waals surface area contributed by atoms with Crippen molar-refractivity contribution >= 4 is 11.9 Å². The lowest BCUT2D eigenvalue weighted by Crippen LogP contribution is -2.06. The van der Waals surface area contributed by atoms with Crippen LogP contribution in [0.25, 0.3) is 0 Å². The number of ether oxygens (including phenoxy) is 1. The topological polar surface area (TPSA) is 136 Å². The number of rotatable bonds is 6. The molecule has 2 aromatic rings. The predicted octanol–water partition coefficient (Wildman–Crippen LogP) is 1.79. The highest BCUT2D eigenvalue weighted by Crippen LogP contribution is 2.29. The zero-order valence-corrected chi connectivity index (χ0v) is 12.2. The van der Waals surface area contributed by atoms with Crippen LogP contribution in [0.1, 0.15) is 31.8 Å². The highest BCUT2D eigenvalue weighted by Gasteiger charge is 2.13. The summed E-state index contributed by atoms with van der Waals surface area (Å²) in [6.45, 7) is 0.198. The average Bonchev–Trinajstić information content (AvgIpc) is 2.55. The first-order valence-electron chi connectivity index (χ1n) is 6.76. The summed E-state index contributed by atoms with van der Waals surface area (Å²) < 4.78 is 5.75. The van der Waals surface area contributed by atoms with Crippen molar-refractivity contribution in [1.82, 2.24) is 0 Å². The Bertz CT molecular complexity index is 695. The minimum atomic E-state index is -1.06. The second-order valence-electron chi connectivity index (χ2n) is 4.77. The summed E-state index contributed by atoms with van der Waals surface area (Å²) in [5.74, 6) is -1.31. The fraction of sp³-hybridized carbons (Fsp3) is 0.125. The molecule has 0 unspecified atom stereocenters. The third kappa shape index (κ3) is 3.65. The molecule has 120 valence electrons. The normalized spacial score (nSPS) is 10.3. The predicted molar refractivity (Wildman–Crippen MR) is 82.7 cm³/mol. The molecule has 2 rings (SSSR count). The van der Waals surface area contributed by atoms with Crippen LogP contribution >= 0.6 is 0 Å². The largest absolute Gasteiger partial charge is 0.478 e. The van der Waals surface area contributed by atoms with Gasteiger partial charge in [-0.15, -0.1) is 0 Å². The van der Waals surface area contributed by atoms with E-state index in [1.54, 1.807) is 0 Å². The summed E-state index contributed by atoms with van der Waals surface area (Å²) in [6, 6.07) is 8.71. The highest BCUT2D eigenvalue weighted by atomic mass is 16.5. The number of carboxylic acids is 2. The van der Waals surface area contributed by atoms with E-state index in [9.17, 15) is 9.59 Å². The Kier molecular flexibility index (Phi) is 4.95. The van der Waals surface area contributed by atoms with Crippen LogP contribution < -0.4 is 16.2 Å². The first kappa shape index (κ1) is 16.5. The van der Waals surface area contributed by atoms with Crippen molar-refractivity contribution in [3.63, 3.8) is 0 Å². The Morgan fingerprint density at radius 1 is 0.826 bits per heavy atom. The zero-order valence-electron chi connectivity index (χ0n) is 12.2. The van der Waals surface area contributed by atoms with Crippen molar-refractivity contribution in [2.45, 2.75) is 13.1 Å². The Balaban J connectivity index is 2.39. The number of carbonyl (C=O) groups is 2. The van der Waals surface area contributed by atoms with E-state index in [1.807, 2.05) is 0 Å². The van der Waals surface area contributed by atoms with E-state index in [-0.39, 0.29) is 24.2 Å². The van der Waals surface area contributed by atoms with Crippen molar-refractivity contribution in [2.75, 3.05) is 0 Å². The average molecular weight is 316 g/mol. The standard InChI is InChI=1S/C16H16N2O5/c17-7-11-5-9(15(19)20)1-3-13(11)23-14-4-2-10(16(21)22)6-12(14)8-18/h1-6H,7-8,17-18H2,(H,19,20)(H,21,22). The van der Waals surface area contributed by atoms with Crippen LogP contribution in [0.5, 0.6) is 11.5 Å². The molecule has 0 aliphatic rings. The second-order valence-corrected chi connectivity index (χ2v) is 4.77. The van der Waals surface area contributed by atoms with Crippen molar-refractivity contribution in [3.05, 3.63) is 58.7 Å². The van der Waals surface area contributed by atoms with Gasteiger partial charge < -0.3 is 26.4 Å². The number of nitrogens with two attached hydrogens (primary N) is 2. The zero-order chi connectivity index (χ0) is 17.0. The lowest BCUT2D eigenvalue weighted by Gasteiger charge is -2.14. The van der Waals surface area contributed by atoms with E-state index in [0.29, 0.717) is 22.6 Å². The number of aromatic carboxylic acids is 2. The van der Waals surface area contributed by atoms with E-state index < -0.39 is 11.9 Å². The molecule has 0 saturated carbocycles. The van der Waals surface area contributed by atoms with Gasteiger partial charge in [-0.05, 0) is 36.4 Å². The van der Waals surface area contributed by atoms with E-state index in [0.717, 1.165) is 0 Å². The lowest BCUT2D eigenvalue weighted by atomic mass is 10.1. The van der Waals surface area contributed by atoms with Gasteiger partial charge in [0.05, 0.1) is 11.1 Å². The third-order valence-corrected chi connectivity index (χ3v) is 3.27. The van der Waals surface area contributed by atoms with Crippen LogP contribution in [-0.2, 0) is 13.1 Å². The van der Waals surface area contributed by atoms with Gasteiger partial charge in [-0.2, -0.15) is 0 Å². The molecule has 23 heavy (non-hydrogen) atoms. The summed E-state index contributed by atoms with van der Waals surface area (Å²) in [5, 5.41) is 18.0. The maximum Gasteiger partial charge on any atom is 0.335 e. The molecule has 0 aliphatic heterocycles. The van der Waals surface area contributed by atoms with Crippen LogP contribution in [0.4, 0.5) is 0 Å². The Morgan fingerprint density at radius 3 is 1.52 bits per heavy atom. The molecule has 7 nitrogen and oxygen atoms in total. The van der Waals surface area contributed by atoms with Gasteiger partial charge >= 0.3 is 11.9 Å². The molecule has 2 aromatic carbocycles.